The van der Waals surface area contributed by atoms with Crippen LogP contribution in [0, 0.1) is 16.7 Å². The summed E-state index contributed by atoms with van der Waals surface area (Å²) >= 11 is 0. The summed E-state index contributed by atoms with van der Waals surface area (Å²) in [5, 5.41) is 15.9. The van der Waals surface area contributed by atoms with Crippen LogP contribution in [0.5, 0.6) is 0 Å². The molecule has 0 heterocycles. The zero-order valence-electron chi connectivity index (χ0n) is 18.6. The summed E-state index contributed by atoms with van der Waals surface area (Å²) in [7, 11) is 0. The first-order valence-corrected chi connectivity index (χ1v) is 11.0. The average molecular weight is 428 g/mol. The number of nitrogen functional groups attached to an aromatic ring is 1. The van der Waals surface area contributed by atoms with Crippen molar-refractivity contribution in [1.29, 1.82) is 10.7 Å². The molecule has 0 aliphatic carbocycles. The number of nitrogens with one attached hydrogen (secondary N) is 1. The maximum absolute atomic E-state index is 8.62. The predicted octanol–water partition coefficient (Wildman–Crippen LogP) is 7.20. The van der Waals surface area contributed by atoms with Gasteiger partial charge in [0, 0.05) is 5.56 Å². The molecule has 0 atom stereocenters. The van der Waals surface area contributed by atoms with E-state index in [1.54, 1.807) is 0 Å². The second kappa shape index (κ2) is 17.5. The van der Waals surface area contributed by atoms with Crippen LogP contribution in [0.3, 0.4) is 0 Å². The Morgan fingerprint density at radius 3 is 1.57 bits per heavy atom. The Morgan fingerprint density at radius 2 is 1.20 bits per heavy atom. The third kappa shape index (κ3) is 12.3. The predicted molar refractivity (Wildman–Crippen MR) is 132 cm³/mol. The summed E-state index contributed by atoms with van der Waals surface area (Å²) in [6, 6.07) is 18.0. The molecule has 0 aliphatic rings. The lowest BCUT2D eigenvalue weighted by molar-refractivity contribution is 0.667. The highest BCUT2D eigenvalue weighted by atomic mass is 35.5. The number of rotatable bonds is 11. The van der Waals surface area contributed by atoms with Gasteiger partial charge in [0.25, 0.3) is 0 Å². The zero-order chi connectivity index (χ0) is 21.3. The SMILES string of the molecule is CCCCCCc1ccc(C#N)cc1.CCCCCCc1ccc(C(=N)N)cc1.Cl. The van der Waals surface area contributed by atoms with E-state index in [1.807, 2.05) is 24.3 Å². The van der Waals surface area contributed by atoms with Crippen LogP contribution in [0.25, 0.3) is 0 Å². The Labute approximate surface area is 189 Å². The van der Waals surface area contributed by atoms with Crippen LogP contribution in [0.1, 0.15) is 87.5 Å². The molecule has 30 heavy (non-hydrogen) atoms. The summed E-state index contributed by atoms with van der Waals surface area (Å²) in [6.07, 6.45) is 12.6. The van der Waals surface area contributed by atoms with E-state index in [-0.39, 0.29) is 18.2 Å². The molecule has 0 aliphatic heterocycles. The molecule has 3 nitrogen and oxygen atoms in total. The van der Waals surface area contributed by atoms with Gasteiger partial charge in [0.05, 0.1) is 11.6 Å². The molecule has 0 saturated heterocycles. The van der Waals surface area contributed by atoms with Crippen molar-refractivity contribution in [2.24, 2.45) is 5.73 Å². The lowest BCUT2D eigenvalue weighted by atomic mass is 10.0. The molecule has 0 bridgehead atoms. The largest absolute Gasteiger partial charge is 0.384 e. The van der Waals surface area contributed by atoms with Gasteiger partial charge in [-0.05, 0) is 48.9 Å². The summed E-state index contributed by atoms with van der Waals surface area (Å²) in [5.41, 5.74) is 9.64. The van der Waals surface area contributed by atoms with E-state index in [1.165, 1.54) is 62.5 Å². The van der Waals surface area contributed by atoms with Crippen molar-refractivity contribution in [3.63, 3.8) is 0 Å². The van der Waals surface area contributed by atoms with Gasteiger partial charge in [-0.3, -0.25) is 5.41 Å². The molecule has 0 unspecified atom stereocenters. The quantitative estimate of drug-likeness (QED) is 0.226. The Kier molecular flexibility index (Phi) is 16.2. The third-order valence-corrected chi connectivity index (χ3v) is 4.99. The Bertz CT molecular complexity index is 730. The van der Waals surface area contributed by atoms with Crippen molar-refractivity contribution in [3.05, 3.63) is 70.8 Å². The normalized spacial score (nSPS) is 9.63. The van der Waals surface area contributed by atoms with E-state index in [9.17, 15) is 0 Å². The Morgan fingerprint density at radius 1 is 0.767 bits per heavy atom. The highest BCUT2D eigenvalue weighted by Crippen LogP contribution is 2.10. The minimum Gasteiger partial charge on any atom is -0.384 e. The van der Waals surface area contributed by atoms with Gasteiger partial charge in [0.15, 0.2) is 0 Å². The molecule has 0 spiro atoms. The van der Waals surface area contributed by atoms with Crippen molar-refractivity contribution >= 4 is 18.2 Å². The number of hydrogen-bond donors (Lipinski definition) is 2. The number of halogens is 1. The minimum absolute atomic E-state index is 0. The zero-order valence-corrected chi connectivity index (χ0v) is 19.4. The van der Waals surface area contributed by atoms with Gasteiger partial charge in [-0.2, -0.15) is 5.26 Å². The molecular formula is C26H38ClN3. The molecule has 0 fully saturated rings. The first-order chi connectivity index (χ1) is 14.1. The molecule has 0 amide bonds. The first-order valence-electron chi connectivity index (χ1n) is 11.0. The van der Waals surface area contributed by atoms with Crippen molar-refractivity contribution in [2.75, 3.05) is 0 Å². The van der Waals surface area contributed by atoms with E-state index < -0.39 is 0 Å². The first kappa shape index (κ1) is 27.7. The number of benzene rings is 2. The molecule has 4 heteroatoms. The van der Waals surface area contributed by atoms with Gasteiger partial charge in [-0.15, -0.1) is 12.4 Å². The average Bonchev–Trinajstić information content (AvgIpc) is 2.75. The molecule has 0 saturated carbocycles. The van der Waals surface area contributed by atoms with Crippen LogP contribution in [-0.4, -0.2) is 5.84 Å². The molecule has 2 aromatic rings. The summed E-state index contributed by atoms with van der Waals surface area (Å²) in [5.74, 6) is 0.146. The van der Waals surface area contributed by atoms with Gasteiger partial charge in [-0.25, -0.2) is 0 Å². The monoisotopic (exact) mass is 427 g/mol. The van der Waals surface area contributed by atoms with Gasteiger partial charge < -0.3 is 5.73 Å². The summed E-state index contributed by atoms with van der Waals surface area (Å²) in [4.78, 5) is 0. The van der Waals surface area contributed by atoms with E-state index in [0.29, 0.717) is 0 Å². The van der Waals surface area contributed by atoms with Gasteiger partial charge in [0.1, 0.15) is 5.84 Å². The van der Waals surface area contributed by atoms with E-state index in [2.05, 4.69) is 44.2 Å². The summed E-state index contributed by atoms with van der Waals surface area (Å²) < 4.78 is 0. The number of nitrogens with two attached hydrogens (primary N) is 1. The van der Waals surface area contributed by atoms with Crippen molar-refractivity contribution < 1.29 is 0 Å². The van der Waals surface area contributed by atoms with Crippen molar-refractivity contribution in [2.45, 2.75) is 78.1 Å². The maximum Gasteiger partial charge on any atom is 0.122 e. The fourth-order valence-corrected chi connectivity index (χ4v) is 3.11. The number of amidine groups is 1. The highest BCUT2D eigenvalue weighted by Gasteiger charge is 1.97. The lowest BCUT2D eigenvalue weighted by Gasteiger charge is -2.02. The molecule has 0 aromatic heterocycles. The number of nitrogens with zero attached hydrogens (tertiary/aromatic N) is 1. The van der Waals surface area contributed by atoms with Crippen LogP contribution in [0.2, 0.25) is 0 Å². The van der Waals surface area contributed by atoms with Crippen molar-refractivity contribution in [1.82, 2.24) is 0 Å². The van der Waals surface area contributed by atoms with Crippen LogP contribution in [0.4, 0.5) is 0 Å². The second-order valence-electron chi connectivity index (χ2n) is 7.54. The Hall–Kier alpha value is -2.31. The van der Waals surface area contributed by atoms with Crippen LogP contribution >= 0.6 is 12.4 Å². The number of hydrogen-bond acceptors (Lipinski definition) is 2. The molecular weight excluding hydrogens is 390 g/mol. The number of nitriles is 1. The minimum atomic E-state index is 0. The fraction of sp³-hybridized carbons (Fsp3) is 0.462. The van der Waals surface area contributed by atoms with Crippen LogP contribution < -0.4 is 5.73 Å². The van der Waals surface area contributed by atoms with E-state index in [4.69, 9.17) is 16.4 Å². The van der Waals surface area contributed by atoms with Gasteiger partial charge in [-0.1, -0.05) is 88.8 Å². The smallest absolute Gasteiger partial charge is 0.122 e. The van der Waals surface area contributed by atoms with E-state index in [0.717, 1.165) is 24.0 Å². The van der Waals surface area contributed by atoms with Gasteiger partial charge >= 0.3 is 0 Å². The van der Waals surface area contributed by atoms with Crippen LogP contribution in [-0.2, 0) is 12.8 Å². The van der Waals surface area contributed by atoms with E-state index >= 15 is 0 Å². The third-order valence-electron chi connectivity index (χ3n) is 4.99. The topological polar surface area (TPSA) is 73.7 Å². The summed E-state index contributed by atoms with van der Waals surface area (Å²) in [6.45, 7) is 4.45. The molecule has 0 radical (unpaired) electrons. The molecule has 2 aromatic carbocycles. The van der Waals surface area contributed by atoms with Gasteiger partial charge in [0.2, 0.25) is 0 Å². The maximum atomic E-state index is 8.62. The Balaban J connectivity index is 0.000000544. The van der Waals surface area contributed by atoms with Crippen molar-refractivity contribution in [3.8, 4) is 6.07 Å². The molecule has 3 N–H and O–H groups in total. The second-order valence-corrected chi connectivity index (χ2v) is 7.54. The molecule has 164 valence electrons. The number of unbranched alkanes of at least 4 members (excludes halogenated alkanes) is 6. The molecule has 2 rings (SSSR count). The lowest BCUT2D eigenvalue weighted by Crippen LogP contribution is -2.10. The standard InChI is InChI=1S/C13H20N2.C13H17N.ClH/c1-2-3-4-5-6-11-7-9-12(10-8-11)13(14)15;1-2-3-4-5-6-12-7-9-13(11-14)10-8-12;/h7-10H,2-6H2,1H3,(H3,14,15);7-10H,2-6H2,1H3;1H. The van der Waals surface area contributed by atoms with Crippen LogP contribution in [0.15, 0.2) is 48.5 Å². The number of aryl methyl sites for hydroxylation is 2. The highest BCUT2D eigenvalue weighted by molar-refractivity contribution is 5.94. The fourth-order valence-electron chi connectivity index (χ4n) is 3.11.